The van der Waals surface area contributed by atoms with Gasteiger partial charge in [-0.3, -0.25) is 14.7 Å². The smallest absolute Gasteiger partial charge is 0.237 e. The Hall–Kier alpha value is -3.06. The van der Waals surface area contributed by atoms with Crippen molar-refractivity contribution in [2.45, 2.75) is 32.4 Å². The van der Waals surface area contributed by atoms with E-state index >= 15 is 0 Å². The highest BCUT2D eigenvalue weighted by atomic mass is 16.5. The fourth-order valence-electron chi connectivity index (χ4n) is 3.41. The summed E-state index contributed by atoms with van der Waals surface area (Å²) in [6.45, 7) is 4.11. The average Bonchev–Trinajstić information content (AvgIpc) is 3.22. The number of rotatable bonds is 6. The number of nitrogens with one attached hydrogen (secondary N) is 1. The monoisotopic (exact) mass is 377 g/mol. The Morgan fingerprint density at radius 3 is 2.86 bits per heavy atom. The van der Waals surface area contributed by atoms with Gasteiger partial charge in [-0.2, -0.15) is 4.98 Å². The molecule has 1 N–H and O–H groups in total. The third kappa shape index (κ3) is 4.09. The Morgan fingerprint density at radius 2 is 2.04 bits per heavy atom. The molecular formula is C21H23N5O2. The minimum Gasteiger partial charge on any atom is -0.354 e. The van der Waals surface area contributed by atoms with Gasteiger partial charge in [-0.15, -0.1) is 0 Å². The lowest BCUT2D eigenvalue weighted by atomic mass is 9.99. The summed E-state index contributed by atoms with van der Waals surface area (Å²) in [4.78, 5) is 23.3. The van der Waals surface area contributed by atoms with E-state index < -0.39 is 0 Å². The lowest BCUT2D eigenvalue weighted by Gasteiger charge is -2.32. The standard InChI is InChI=1S/C21H23N5O2/c1-15(26-13-10-16-6-2-3-7-17(16)14-26)21(27)23-12-9-19-24-20(25-28-19)18-8-4-5-11-22-18/h2-8,11,15H,9-10,12-14H2,1H3,(H,23,27)/t15-/m1/s1. The van der Waals surface area contributed by atoms with Gasteiger partial charge in [0.25, 0.3) is 0 Å². The highest BCUT2D eigenvalue weighted by Gasteiger charge is 2.25. The van der Waals surface area contributed by atoms with Crippen LogP contribution < -0.4 is 5.32 Å². The van der Waals surface area contributed by atoms with Crippen LogP contribution in [0.25, 0.3) is 11.5 Å². The molecule has 1 amide bonds. The van der Waals surface area contributed by atoms with E-state index in [-0.39, 0.29) is 11.9 Å². The first-order valence-corrected chi connectivity index (χ1v) is 9.53. The number of aromatic nitrogens is 3. The molecule has 1 aliphatic rings. The van der Waals surface area contributed by atoms with E-state index in [1.165, 1.54) is 11.1 Å². The predicted molar refractivity (Wildman–Crippen MR) is 104 cm³/mol. The normalized spacial score (nSPS) is 15.0. The minimum absolute atomic E-state index is 0.0174. The van der Waals surface area contributed by atoms with E-state index in [0.29, 0.717) is 30.4 Å². The first kappa shape index (κ1) is 18.3. The number of benzene rings is 1. The van der Waals surface area contributed by atoms with Gasteiger partial charge in [0.2, 0.25) is 17.6 Å². The maximum absolute atomic E-state index is 12.5. The molecule has 0 saturated carbocycles. The summed E-state index contributed by atoms with van der Waals surface area (Å²) in [5.74, 6) is 0.964. The molecule has 7 heteroatoms. The minimum atomic E-state index is -0.180. The fraction of sp³-hybridized carbons (Fsp3) is 0.333. The maximum atomic E-state index is 12.5. The molecule has 0 bridgehead atoms. The Labute approximate surface area is 163 Å². The summed E-state index contributed by atoms with van der Waals surface area (Å²) >= 11 is 0. The van der Waals surface area contributed by atoms with Crippen molar-refractivity contribution < 1.29 is 9.32 Å². The summed E-state index contributed by atoms with van der Waals surface area (Å²) in [6, 6.07) is 13.8. The van der Waals surface area contributed by atoms with Gasteiger partial charge in [-0.05, 0) is 36.6 Å². The third-order valence-electron chi connectivity index (χ3n) is 5.09. The van der Waals surface area contributed by atoms with E-state index in [9.17, 15) is 4.79 Å². The van der Waals surface area contributed by atoms with Crippen LogP contribution >= 0.6 is 0 Å². The van der Waals surface area contributed by atoms with Crippen LogP contribution in [0.1, 0.15) is 23.9 Å². The van der Waals surface area contributed by atoms with Crippen molar-refractivity contribution in [3.63, 3.8) is 0 Å². The molecule has 0 unspecified atom stereocenters. The zero-order valence-corrected chi connectivity index (χ0v) is 15.8. The molecule has 7 nitrogen and oxygen atoms in total. The van der Waals surface area contributed by atoms with Crippen molar-refractivity contribution in [2.75, 3.05) is 13.1 Å². The number of hydrogen-bond acceptors (Lipinski definition) is 6. The first-order valence-electron chi connectivity index (χ1n) is 9.53. The zero-order valence-electron chi connectivity index (χ0n) is 15.8. The van der Waals surface area contributed by atoms with E-state index in [1.54, 1.807) is 6.20 Å². The van der Waals surface area contributed by atoms with Crippen molar-refractivity contribution >= 4 is 5.91 Å². The number of pyridine rings is 1. The number of amides is 1. The molecule has 28 heavy (non-hydrogen) atoms. The quantitative estimate of drug-likeness (QED) is 0.709. The number of carbonyl (C=O) groups is 1. The molecule has 1 aromatic carbocycles. The Kier molecular flexibility index (Phi) is 5.43. The van der Waals surface area contributed by atoms with Gasteiger partial charge in [0.05, 0.1) is 6.04 Å². The molecule has 0 radical (unpaired) electrons. The van der Waals surface area contributed by atoms with Gasteiger partial charge < -0.3 is 9.84 Å². The number of fused-ring (bicyclic) bond motifs is 1. The van der Waals surface area contributed by atoms with E-state index in [2.05, 4.69) is 49.6 Å². The number of nitrogens with zero attached hydrogens (tertiary/aromatic N) is 4. The number of hydrogen-bond donors (Lipinski definition) is 1. The Balaban J connectivity index is 1.27. The molecule has 0 spiro atoms. The number of carbonyl (C=O) groups excluding carboxylic acids is 1. The second-order valence-electron chi connectivity index (χ2n) is 6.93. The SMILES string of the molecule is C[C@H](C(=O)NCCc1nc(-c2ccccn2)no1)N1CCc2ccccc2C1. The molecule has 3 heterocycles. The molecular weight excluding hydrogens is 354 g/mol. The summed E-state index contributed by atoms with van der Waals surface area (Å²) in [7, 11) is 0. The Morgan fingerprint density at radius 1 is 1.21 bits per heavy atom. The van der Waals surface area contributed by atoms with Crippen LogP contribution in [0, 0.1) is 0 Å². The van der Waals surface area contributed by atoms with Crippen molar-refractivity contribution in [1.82, 2.24) is 25.3 Å². The molecule has 2 aromatic heterocycles. The van der Waals surface area contributed by atoms with E-state index in [0.717, 1.165) is 19.5 Å². The lowest BCUT2D eigenvalue weighted by Crippen LogP contribution is -2.47. The topological polar surface area (TPSA) is 84.2 Å². The average molecular weight is 377 g/mol. The molecule has 0 saturated heterocycles. The van der Waals surface area contributed by atoms with Crippen LogP contribution in [0.2, 0.25) is 0 Å². The van der Waals surface area contributed by atoms with Gasteiger partial charge in [-0.1, -0.05) is 35.5 Å². The predicted octanol–water partition coefficient (Wildman–Crippen LogP) is 2.24. The van der Waals surface area contributed by atoms with Crippen molar-refractivity contribution in [1.29, 1.82) is 0 Å². The van der Waals surface area contributed by atoms with Crippen LogP contribution in [-0.4, -0.2) is 45.1 Å². The van der Waals surface area contributed by atoms with Crippen LogP contribution in [0.15, 0.2) is 53.2 Å². The van der Waals surface area contributed by atoms with Gasteiger partial charge >= 0.3 is 0 Å². The van der Waals surface area contributed by atoms with Gasteiger partial charge in [0.1, 0.15) is 5.69 Å². The van der Waals surface area contributed by atoms with Crippen LogP contribution in [0.5, 0.6) is 0 Å². The highest BCUT2D eigenvalue weighted by Crippen LogP contribution is 2.20. The van der Waals surface area contributed by atoms with Crippen LogP contribution in [0.3, 0.4) is 0 Å². The van der Waals surface area contributed by atoms with Crippen LogP contribution in [-0.2, 0) is 24.2 Å². The fourth-order valence-corrected chi connectivity index (χ4v) is 3.41. The lowest BCUT2D eigenvalue weighted by molar-refractivity contribution is -0.126. The van der Waals surface area contributed by atoms with Gasteiger partial charge in [0, 0.05) is 32.3 Å². The molecule has 3 aromatic rings. The molecule has 1 aliphatic heterocycles. The van der Waals surface area contributed by atoms with Crippen LogP contribution in [0.4, 0.5) is 0 Å². The molecule has 144 valence electrons. The summed E-state index contributed by atoms with van der Waals surface area (Å²) in [5.41, 5.74) is 3.35. The molecule has 0 fully saturated rings. The van der Waals surface area contributed by atoms with Crippen molar-refractivity contribution in [3.8, 4) is 11.5 Å². The second-order valence-corrected chi connectivity index (χ2v) is 6.93. The second kappa shape index (κ2) is 8.31. The molecule has 4 rings (SSSR count). The highest BCUT2D eigenvalue weighted by molar-refractivity contribution is 5.81. The molecule has 0 aliphatic carbocycles. The zero-order chi connectivity index (χ0) is 19.3. The third-order valence-corrected chi connectivity index (χ3v) is 5.09. The van der Waals surface area contributed by atoms with E-state index in [4.69, 9.17) is 4.52 Å². The van der Waals surface area contributed by atoms with Gasteiger partial charge in [0.15, 0.2) is 0 Å². The maximum Gasteiger partial charge on any atom is 0.237 e. The summed E-state index contributed by atoms with van der Waals surface area (Å²) < 4.78 is 5.25. The first-order chi connectivity index (χ1) is 13.7. The molecule has 1 atom stereocenters. The summed E-state index contributed by atoms with van der Waals surface area (Å²) in [6.07, 6.45) is 3.15. The largest absolute Gasteiger partial charge is 0.354 e. The van der Waals surface area contributed by atoms with Gasteiger partial charge in [-0.25, -0.2) is 0 Å². The van der Waals surface area contributed by atoms with E-state index in [1.807, 2.05) is 25.1 Å². The Bertz CT molecular complexity index is 941. The summed E-state index contributed by atoms with van der Waals surface area (Å²) in [5, 5.41) is 6.92. The van der Waals surface area contributed by atoms with Crippen molar-refractivity contribution in [2.24, 2.45) is 0 Å². The van der Waals surface area contributed by atoms with Crippen molar-refractivity contribution in [3.05, 3.63) is 65.7 Å².